The lowest BCUT2D eigenvalue weighted by molar-refractivity contribution is -0.131. The molecule has 140 valence electrons. The minimum atomic E-state index is -0.709. The van der Waals surface area contributed by atoms with Crippen LogP contribution in [0.25, 0.3) is 0 Å². The lowest BCUT2D eigenvalue weighted by Crippen LogP contribution is -2.47. The van der Waals surface area contributed by atoms with Gasteiger partial charge in [-0.05, 0) is 50.2 Å². The van der Waals surface area contributed by atoms with E-state index in [1.807, 2.05) is 13.8 Å². The van der Waals surface area contributed by atoms with Crippen molar-refractivity contribution in [2.75, 3.05) is 14.1 Å². The van der Waals surface area contributed by atoms with Crippen molar-refractivity contribution < 1.29 is 14.4 Å². The van der Waals surface area contributed by atoms with E-state index in [2.05, 4.69) is 29.6 Å². The number of hydrogen-bond donors (Lipinski definition) is 1. The summed E-state index contributed by atoms with van der Waals surface area (Å²) < 4.78 is 0. The summed E-state index contributed by atoms with van der Waals surface area (Å²) in [5.74, 6) is -0.0123. The summed E-state index contributed by atoms with van der Waals surface area (Å²) in [5, 5.41) is 3.06. The highest BCUT2D eigenvalue weighted by Crippen LogP contribution is 2.32. The molecule has 1 saturated heterocycles. The van der Waals surface area contributed by atoms with Gasteiger partial charge in [-0.2, -0.15) is 0 Å². The lowest BCUT2D eigenvalue weighted by Gasteiger charge is -2.30. The van der Waals surface area contributed by atoms with Crippen molar-refractivity contribution in [2.24, 2.45) is 5.92 Å². The van der Waals surface area contributed by atoms with E-state index in [0.717, 1.165) is 24.2 Å². The van der Waals surface area contributed by atoms with Crippen LogP contribution in [0.4, 0.5) is 4.79 Å². The van der Waals surface area contributed by atoms with Crippen LogP contribution in [0.2, 0.25) is 0 Å². The Kier molecular flexibility index (Phi) is 4.78. The molecule has 1 aromatic carbocycles. The van der Waals surface area contributed by atoms with Gasteiger partial charge in [0.2, 0.25) is 5.91 Å². The summed E-state index contributed by atoms with van der Waals surface area (Å²) in [6, 6.07) is 7.42. The fraction of sp³-hybridized carbons (Fsp3) is 0.550. The molecular weight excluding hydrogens is 330 g/mol. The Morgan fingerprint density at radius 1 is 1.15 bits per heavy atom. The number of benzene rings is 1. The van der Waals surface area contributed by atoms with E-state index in [1.165, 1.54) is 23.1 Å². The Hall–Kier alpha value is -2.37. The molecule has 0 radical (unpaired) electrons. The molecule has 0 spiro atoms. The van der Waals surface area contributed by atoms with Crippen LogP contribution in [-0.4, -0.2) is 53.3 Å². The molecule has 0 unspecified atom stereocenters. The van der Waals surface area contributed by atoms with E-state index in [0.29, 0.717) is 5.92 Å². The van der Waals surface area contributed by atoms with Gasteiger partial charge in [-0.15, -0.1) is 0 Å². The van der Waals surface area contributed by atoms with Crippen molar-refractivity contribution in [3.63, 3.8) is 0 Å². The largest absolute Gasteiger partial charge is 0.351 e. The second-order valence-corrected chi connectivity index (χ2v) is 8.19. The first kappa shape index (κ1) is 18.4. The quantitative estimate of drug-likeness (QED) is 0.819. The first-order valence-electron chi connectivity index (χ1n) is 9.10. The number of likely N-dealkylation sites (N-methyl/N-ethyl adjacent to an activating group) is 2. The van der Waals surface area contributed by atoms with Gasteiger partial charge in [-0.1, -0.05) is 24.3 Å². The highest BCUT2D eigenvalue weighted by atomic mass is 16.2. The van der Waals surface area contributed by atoms with Crippen molar-refractivity contribution in [1.29, 1.82) is 0 Å². The van der Waals surface area contributed by atoms with Gasteiger partial charge in [-0.3, -0.25) is 14.5 Å². The van der Waals surface area contributed by atoms with Gasteiger partial charge >= 0.3 is 6.03 Å². The number of rotatable bonds is 5. The van der Waals surface area contributed by atoms with Crippen LogP contribution < -0.4 is 5.32 Å². The number of hydrogen-bond acceptors (Lipinski definition) is 3. The minimum Gasteiger partial charge on any atom is -0.351 e. The van der Waals surface area contributed by atoms with Gasteiger partial charge in [0.1, 0.15) is 6.04 Å². The van der Waals surface area contributed by atoms with Crippen molar-refractivity contribution in [3.05, 3.63) is 35.4 Å². The molecular formula is C20H27N3O3. The first-order chi connectivity index (χ1) is 12.2. The second-order valence-electron chi connectivity index (χ2n) is 8.19. The van der Waals surface area contributed by atoms with E-state index in [4.69, 9.17) is 0 Å². The van der Waals surface area contributed by atoms with E-state index in [9.17, 15) is 14.4 Å². The number of imide groups is 1. The van der Waals surface area contributed by atoms with Crippen LogP contribution in [-0.2, 0) is 22.4 Å². The maximum Gasteiger partial charge on any atom is 0.326 e. The van der Waals surface area contributed by atoms with Crippen molar-refractivity contribution in [1.82, 2.24) is 15.1 Å². The first-order valence-corrected chi connectivity index (χ1v) is 9.10. The zero-order chi connectivity index (χ0) is 19.1. The molecule has 1 aliphatic carbocycles. The molecule has 4 amide bonds. The molecule has 1 N–H and O–H groups in total. The third kappa shape index (κ3) is 3.59. The highest BCUT2D eigenvalue weighted by molar-refractivity contribution is 6.05. The molecule has 2 aliphatic rings. The standard InChI is InChI=1S/C20H27N3O3/c1-20(2,12-13-9-14-7-5-6-8-15(14)10-13)21-17(24)11-16-18(25)23(4)19(26)22(16)3/h5-8,13,16H,9-12H2,1-4H3,(H,21,24)/t16-/m1/s1. The lowest BCUT2D eigenvalue weighted by atomic mass is 9.88. The number of carbonyl (C=O) groups is 3. The normalized spacial score (nSPS) is 20.7. The van der Waals surface area contributed by atoms with E-state index in [1.54, 1.807) is 7.05 Å². The molecule has 0 bridgehead atoms. The summed E-state index contributed by atoms with van der Waals surface area (Å²) >= 11 is 0. The maximum absolute atomic E-state index is 12.5. The van der Waals surface area contributed by atoms with Crippen molar-refractivity contribution in [2.45, 2.75) is 51.1 Å². The van der Waals surface area contributed by atoms with E-state index < -0.39 is 6.04 Å². The van der Waals surface area contributed by atoms with Gasteiger partial charge in [0.15, 0.2) is 0 Å². The summed E-state index contributed by atoms with van der Waals surface area (Å²) in [5.41, 5.74) is 2.44. The molecule has 6 nitrogen and oxygen atoms in total. The summed E-state index contributed by atoms with van der Waals surface area (Å²) in [4.78, 5) is 38.8. The SMILES string of the molecule is CN1C(=O)[C@@H](CC(=O)NC(C)(C)CC2Cc3ccccc3C2)N(C)C1=O. The molecule has 1 fully saturated rings. The summed E-state index contributed by atoms with van der Waals surface area (Å²) in [7, 11) is 3.00. The summed E-state index contributed by atoms with van der Waals surface area (Å²) in [6.45, 7) is 4.04. The molecule has 1 heterocycles. The highest BCUT2D eigenvalue weighted by Gasteiger charge is 2.42. The Bertz CT molecular complexity index is 719. The van der Waals surface area contributed by atoms with Crippen LogP contribution in [0.1, 0.15) is 37.8 Å². The molecule has 1 atom stereocenters. The number of amides is 4. The number of nitrogens with one attached hydrogen (secondary N) is 1. The number of nitrogens with zero attached hydrogens (tertiary/aromatic N) is 2. The average Bonchev–Trinajstić information content (AvgIpc) is 3.04. The van der Waals surface area contributed by atoms with Gasteiger partial charge in [0, 0.05) is 19.6 Å². The van der Waals surface area contributed by atoms with Crippen LogP contribution >= 0.6 is 0 Å². The van der Waals surface area contributed by atoms with Gasteiger partial charge in [-0.25, -0.2) is 4.79 Å². The molecule has 0 aromatic heterocycles. The van der Waals surface area contributed by atoms with Crippen LogP contribution in [0, 0.1) is 5.92 Å². The molecule has 6 heteroatoms. The number of urea groups is 1. The fourth-order valence-electron chi connectivity index (χ4n) is 4.25. The topological polar surface area (TPSA) is 69.7 Å². The molecule has 1 aromatic rings. The zero-order valence-corrected chi connectivity index (χ0v) is 15.9. The Balaban J connectivity index is 1.55. The smallest absolute Gasteiger partial charge is 0.326 e. The molecule has 1 aliphatic heterocycles. The average molecular weight is 357 g/mol. The van der Waals surface area contributed by atoms with E-state index in [-0.39, 0.29) is 29.8 Å². The monoisotopic (exact) mass is 357 g/mol. The van der Waals surface area contributed by atoms with Gasteiger partial charge in [0.05, 0.1) is 6.42 Å². The number of fused-ring (bicyclic) bond motifs is 1. The molecule has 0 saturated carbocycles. The second kappa shape index (κ2) is 6.74. The molecule has 26 heavy (non-hydrogen) atoms. The van der Waals surface area contributed by atoms with Crippen LogP contribution in [0.5, 0.6) is 0 Å². The van der Waals surface area contributed by atoms with Crippen molar-refractivity contribution >= 4 is 17.8 Å². The maximum atomic E-state index is 12.5. The summed E-state index contributed by atoms with van der Waals surface area (Å²) in [6.07, 6.45) is 2.96. The Labute approximate surface area is 154 Å². The Morgan fingerprint density at radius 2 is 1.73 bits per heavy atom. The Morgan fingerprint density at radius 3 is 2.23 bits per heavy atom. The van der Waals surface area contributed by atoms with Crippen molar-refractivity contribution in [3.8, 4) is 0 Å². The van der Waals surface area contributed by atoms with Gasteiger partial charge in [0.25, 0.3) is 5.91 Å². The fourth-order valence-corrected chi connectivity index (χ4v) is 4.25. The van der Waals surface area contributed by atoms with E-state index >= 15 is 0 Å². The third-order valence-corrected chi connectivity index (χ3v) is 5.46. The van der Waals surface area contributed by atoms with Crippen LogP contribution in [0.15, 0.2) is 24.3 Å². The number of carbonyl (C=O) groups excluding carboxylic acids is 3. The van der Waals surface area contributed by atoms with Crippen LogP contribution in [0.3, 0.4) is 0 Å². The van der Waals surface area contributed by atoms with Gasteiger partial charge < -0.3 is 10.2 Å². The minimum absolute atomic E-state index is 0.000262. The third-order valence-electron chi connectivity index (χ3n) is 5.46. The predicted molar refractivity (Wildman–Crippen MR) is 98.5 cm³/mol. The molecule has 3 rings (SSSR count). The zero-order valence-electron chi connectivity index (χ0n) is 15.9. The predicted octanol–water partition coefficient (Wildman–Crippen LogP) is 1.97.